The van der Waals surface area contributed by atoms with Gasteiger partial charge in [-0.05, 0) is 25.1 Å². The Balaban J connectivity index is 2.43. The molecule has 0 bridgehead atoms. The Hall–Kier alpha value is -2.48. The molecule has 2 aromatic rings. The first-order valence-corrected chi connectivity index (χ1v) is 6.33. The summed E-state index contributed by atoms with van der Waals surface area (Å²) in [4.78, 5) is 11.9. The molecule has 104 valence electrons. The van der Waals surface area contributed by atoms with E-state index >= 15 is 0 Å². The maximum atomic E-state index is 11.1. The second-order valence-electron chi connectivity index (χ2n) is 3.87. The van der Waals surface area contributed by atoms with Crippen LogP contribution in [0.1, 0.15) is 11.3 Å². The van der Waals surface area contributed by atoms with Crippen LogP contribution in [-0.2, 0) is 0 Å². The van der Waals surface area contributed by atoms with Crippen molar-refractivity contribution >= 4 is 23.3 Å². The van der Waals surface area contributed by atoms with E-state index in [-0.39, 0.29) is 17.1 Å². The van der Waals surface area contributed by atoms with Crippen LogP contribution in [-0.4, -0.2) is 16.0 Å². The maximum absolute atomic E-state index is 11.1. The Morgan fingerprint density at radius 2 is 2.20 bits per heavy atom. The predicted octanol–water partition coefficient (Wildman–Crippen LogP) is 2.74. The highest BCUT2D eigenvalue weighted by Gasteiger charge is 2.18. The highest BCUT2D eigenvalue weighted by molar-refractivity contribution is 7.99. The summed E-state index contributed by atoms with van der Waals surface area (Å²) in [5.74, 6) is 0.508. The molecular formula is C12H11N3O4S. The molecule has 1 heterocycles. The number of amidine groups is 1. The van der Waals surface area contributed by atoms with Gasteiger partial charge in [-0.1, -0.05) is 16.9 Å². The third-order valence-corrected chi connectivity index (χ3v) is 3.80. The molecule has 2 rings (SSSR count). The van der Waals surface area contributed by atoms with Gasteiger partial charge in [-0.15, -0.1) is 0 Å². The molecule has 7 nitrogen and oxygen atoms in total. The molecule has 0 saturated carbocycles. The van der Waals surface area contributed by atoms with Crippen molar-refractivity contribution < 1.29 is 14.5 Å². The number of nitro benzene ring substituents is 1. The molecule has 0 spiro atoms. The Morgan fingerprint density at radius 3 is 2.75 bits per heavy atom. The average Bonchev–Trinajstić information content (AvgIpc) is 2.83. The second-order valence-corrected chi connectivity index (χ2v) is 4.95. The lowest BCUT2D eigenvalue weighted by molar-refractivity contribution is -0.387. The number of nitrogens with zero attached hydrogens (tertiary/aromatic N) is 2. The lowest BCUT2D eigenvalue weighted by atomic mass is 10.2. The molecular weight excluding hydrogens is 282 g/mol. The van der Waals surface area contributed by atoms with Gasteiger partial charge in [0.2, 0.25) is 0 Å². The van der Waals surface area contributed by atoms with Crippen molar-refractivity contribution in [2.45, 2.75) is 16.7 Å². The van der Waals surface area contributed by atoms with E-state index in [4.69, 9.17) is 15.4 Å². The minimum Gasteiger partial charge on any atom is -0.468 e. The van der Waals surface area contributed by atoms with Crippen LogP contribution in [0.4, 0.5) is 5.69 Å². The van der Waals surface area contributed by atoms with Gasteiger partial charge < -0.3 is 15.4 Å². The topological polar surface area (TPSA) is 115 Å². The van der Waals surface area contributed by atoms with E-state index in [0.29, 0.717) is 10.7 Å². The Morgan fingerprint density at radius 1 is 1.45 bits per heavy atom. The fourth-order valence-electron chi connectivity index (χ4n) is 1.56. The maximum Gasteiger partial charge on any atom is 0.283 e. The monoisotopic (exact) mass is 293 g/mol. The first kappa shape index (κ1) is 13.9. The number of oxime groups is 1. The van der Waals surface area contributed by atoms with Gasteiger partial charge in [0.1, 0.15) is 5.76 Å². The zero-order valence-corrected chi connectivity index (χ0v) is 11.3. The summed E-state index contributed by atoms with van der Waals surface area (Å²) < 4.78 is 5.15. The SMILES string of the molecule is Cc1occc1Sc1ccc(/C(N)=N/O)cc1[N+](=O)[O-]. The van der Waals surface area contributed by atoms with Crippen molar-refractivity contribution in [3.63, 3.8) is 0 Å². The second kappa shape index (κ2) is 5.66. The van der Waals surface area contributed by atoms with E-state index < -0.39 is 4.92 Å². The quantitative estimate of drug-likeness (QED) is 0.294. The van der Waals surface area contributed by atoms with E-state index in [2.05, 4.69) is 5.16 Å². The normalized spacial score (nSPS) is 11.6. The highest BCUT2D eigenvalue weighted by Crippen LogP contribution is 2.37. The molecule has 1 aromatic carbocycles. The number of benzene rings is 1. The fourth-order valence-corrected chi connectivity index (χ4v) is 2.49. The third kappa shape index (κ3) is 2.75. The van der Waals surface area contributed by atoms with Gasteiger partial charge >= 0.3 is 0 Å². The number of aryl methyl sites for hydroxylation is 1. The van der Waals surface area contributed by atoms with Crippen LogP contribution in [0.2, 0.25) is 0 Å². The van der Waals surface area contributed by atoms with Gasteiger partial charge in [-0.2, -0.15) is 0 Å². The van der Waals surface area contributed by atoms with Crippen molar-refractivity contribution in [1.82, 2.24) is 0 Å². The number of nitro groups is 1. The molecule has 0 aliphatic carbocycles. The van der Waals surface area contributed by atoms with Crippen LogP contribution in [0.15, 0.2) is 49.9 Å². The molecule has 0 aliphatic rings. The van der Waals surface area contributed by atoms with Gasteiger partial charge in [0.05, 0.1) is 21.0 Å². The summed E-state index contributed by atoms with van der Waals surface area (Å²) in [6.07, 6.45) is 1.52. The Bertz CT molecular complexity index is 681. The summed E-state index contributed by atoms with van der Waals surface area (Å²) in [5.41, 5.74) is 5.60. The summed E-state index contributed by atoms with van der Waals surface area (Å²) in [7, 11) is 0. The molecule has 0 amide bonds. The molecule has 0 radical (unpaired) electrons. The highest BCUT2D eigenvalue weighted by atomic mass is 32.2. The first-order valence-electron chi connectivity index (χ1n) is 5.51. The zero-order valence-electron chi connectivity index (χ0n) is 10.4. The van der Waals surface area contributed by atoms with Crippen LogP contribution in [0.3, 0.4) is 0 Å². The minimum absolute atomic E-state index is 0.111. The van der Waals surface area contributed by atoms with Gasteiger partial charge in [-0.3, -0.25) is 10.1 Å². The van der Waals surface area contributed by atoms with Gasteiger partial charge in [-0.25, -0.2) is 0 Å². The van der Waals surface area contributed by atoms with Crippen LogP contribution >= 0.6 is 11.8 Å². The van der Waals surface area contributed by atoms with Crippen molar-refractivity contribution in [3.8, 4) is 0 Å². The molecule has 1 aromatic heterocycles. The molecule has 0 saturated heterocycles. The average molecular weight is 293 g/mol. The Kier molecular flexibility index (Phi) is 3.94. The zero-order chi connectivity index (χ0) is 14.7. The van der Waals surface area contributed by atoms with Crippen molar-refractivity contribution in [2.24, 2.45) is 10.9 Å². The summed E-state index contributed by atoms with van der Waals surface area (Å²) in [5, 5.41) is 22.6. The van der Waals surface area contributed by atoms with Crippen LogP contribution in [0.5, 0.6) is 0 Å². The summed E-state index contributed by atoms with van der Waals surface area (Å²) >= 11 is 1.23. The summed E-state index contributed by atoms with van der Waals surface area (Å²) in [6, 6.07) is 6.12. The summed E-state index contributed by atoms with van der Waals surface area (Å²) in [6.45, 7) is 1.78. The van der Waals surface area contributed by atoms with E-state index in [9.17, 15) is 10.1 Å². The Labute approximate surface area is 118 Å². The number of hydrogen-bond acceptors (Lipinski definition) is 6. The van der Waals surface area contributed by atoms with E-state index in [1.165, 1.54) is 24.1 Å². The van der Waals surface area contributed by atoms with Gasteiger partial charge in [0.25, 0.3) is 5.69 Å². The van der Waals surface area contributed by atoms with Gasteiger partial charge in [0, 0.05) is 11.6 Å². The number of furan rings is 1. The molecule has 20 heavy (non-hydrogen) atoms. The molecule has 0 atom stereocenters. The molecule has 0 fully saturated rings. The number of rotatable bonds is 4. The molecule has 3 N–H and O–H groups in total. The molecule has 0 unspecified atom stereocenters. The third-order valence-electron chi connectivity index (χ3n) is 2.59. The van der Waals surface area contributed by atoms with Crippen molar-refractivity contribution in [1.29, 1.82) is 0 Å². The number of hydrogen-bond donors (Lipinski definition) is 2. The first-order chi connectivity index (χ1) is 9.52. The minimum atomic E-state index is -0.508. The van der Waals surface area contributed by atoms with E-state index in [1.54, 1.807) is 25.1 Å². The van der Waals surface area contributed by atoms with E-state index in [0.717, 1.165) is 4.90 Å². The largest absolute Gasteiger partial charge is 0.468 e. The van der Waals surface area contributed by atoms with Crippen LogP contribution in [0.25, 0.3) is 0 Å². The molecule has 0 aliphatic heterocycles. The van der Waals surface area contributed by atoms with Crippen molar-refractivity contribution in [2.75, 3.05) is 0 Å². The lowest BCUT2D eigenvalue weighted by Crippen LogP contribution is -2.13. The standard InChI is InChI=1S/C12H11N3O4S/c1-7-10(4-5-19-7)20-11-3-2-8(12(13)14-16)6-9(11)15(17)18/h2-6,16H,1H3,(H2,13,14). The number of nitrogens with two attached hydrogens (primary N) is 1. The fraction of sp³-hybridized carbons (Fsp3) is 0.0833. The lowest BCUT2D eigenvalue weighted by Gasteiger charge is -2.04. The molecule has 8 heteroatoms. The van der Waals surface area contributed by atoms with E-state index in [1.807, 2.05) is 0 Å². The predicted molar refractivity (Wildman–Crippen MR) is 73.2 cm³/mol. The van der Waals surface area contributed by atoms with Crippen LogP contribution < -0.4 is 5.73 Å². The van der Waals surface area contributed by atoms with Gasteiger partial charge in [0.15, 0.2) is 5.84 Å². The van der Waals surface area contributed by atoms with Crippen LogP contribution in [0, 0.1) is 17.0 Å². The van der Waals surface area contributed by atoms with Crippen molar-refractivity contribution in [3.05, 3.63) is 52.0 Å². The smallest absolute Gasteiger partial charge is 0.283 e.